The molecule has 3 aliphatic rings. The first-order valence-corrected chi connectivity index (χ1v) is 9.04. The minimum atomic E-state index is -0.581. The van der Waals surface area contributed by atoms with Crippen LogP contribution in [0.1, 0.15) is 31.5 Å². The largest absolute Gasteiger partial charge is 0.402 e. The van der Waals surface area contributed by atoms with E-state index in [1.807, 2.05) is 30.7 Å². The molecule has 0 bridgehead atoms. The van der Waals surface area contributed by atoms with Crippen molar-refractivity contribution in [3.63, 3.8) is 0 Å². The third-order valence-electron chi connectivity index (χ3n) is 5.26. The van der Waals surface area contributed by atoms with Gasteiger partial charge >= 0.3 is 12.0 Å². The number of allylic oxidation sites excluding steroid dienone is 1. The van der Waals surface area contributed by atoms with Gasteiger partial charge in [-0.25, -0.2) is 13.9 Å². The third kappa shape index (κ3) is 2.47. The number of carbonyl (C=O) groups is 2. The van der Waals surface area contributed by atoms with Gasteiger partial charge in [-0.2, -0.15) is 0 Å². The van der Waals surface area contributed by atoms with Crippen molar-refractivity contribution in [2.24, 2.45) is 4.99 Å². The number of aromatic nitrogens is 2. The van der Waals surface area contributed by atoms with E-state index in [9.17, 15) is 9.59 Å². The molecular formula is C18H24N5O3+. The van der Waals surface area contributed by atoms with Crippen LogP contribution in [0.15, 0.2) is 23.3 Å². The molecule has 2 unspecified atom stereocenters. The Balaban J connectivity index is 1.70. The molecule has 138 valence electrons. The Morgan fingerprint density at radius 3 is 2.92 bits per heavy atom. The second-order valence-corrected chi connectivity index (χ2v) is 6.96. The van der Waals surface area contributed by atoms with Crippen molar-refractivity contribution in [2.45, 2.75) is 45.4 Å². The molecule has 2 saturated heterocycles. The van der Waals surface area contributed by atoms with E-state index in [4.69, 9.17) is 4.74 Å². The second kappa shape index (κ2) is 6.35. The van der Waals surface area contributed by atoms with Gasteiger partial charge < -0.3 is 4.74 Å². The minimum Gasteiger partial charge on any atom is -0.375 e. The van der Waals surface area contributed by atoms with Crippen LogP contribution in [-0.4, -0.2) is 58.4 Å². The summed E-state index contributed by atoms with van der Waals surface area (Å²) in [5, 5.41) is 0. The summed E-state index contributed by atoms with van der Waals surface area (Å²) in [4.78, 5) is 33.0. The molecule has 0 aromatic carbocycles. The Labute approximate surface area is 152 Å². The summed E-state index contributed by atoms with van der Waals surface area (Å²) in [7, 11) is 1.67. The van der Waals surface area contributed by atoms with Crippen molar-refractivity contribution in [2.75, 3.05) is 20.2 Å². The summed E-state index contributed by atoms with van der Waals surface area (Å²) in [5.74, 6) is 0.967. The fraction of sp³-hybridized carbons (Fsp3) is 0.556. The van der Waals surface area contributed by atoms with E-state index in [-0.39, 0.29) is 24.6 Å². The summed E-state index contributed by atoms with van der Waals surface area (Å²) in [6, 6.07) is -0.918. The first-order valence-electron chi connectivity index (χ1n) is 9.04. The lowest BCUT2D eigenvalue weighted by Crippen LogP contribution is -2.62. The summed E-state index contributed by atoms with van der Waals surface area (Å²) >= 11 is 0. The number of hydrogen-bond donors (Lipinski definition) is 0. The molecule has 3 amide bonds. The average molecular weight is 358 g/mol. The zero-order valence-electron chi connectivity index (χ0n) is 15.4. The standard InChI is InChI=1S/C18H24N5O3/c1-4-5-8-21-16(24)14-15(20(3)18(21)25)19-17-22(12(2)10-23(14)17)11-13-7-6-9-26-13/h4-5,10,13-14H,6-9,11H2,1-3H3/q+1/b5-4+. The molecule has 0 radical (unpaired) electrons. The molecule has 4 heterocycles. The Morgan fingerprint density at radius 2 is 2.23 bits per heavy atom. The van der Waals surface area contributed by atoms with Gasteiger partial charge in [0.2, 0.25) is 11.9 Å². The summed E-state index contributed by atoms with van der Waals surface area (Å²) in [5.41, 5.74) is 1.03. The number of aliphatic imine (C=N–C) groups is 1. The SMILES string of the molecule is C/C=C/CN1C(=O)C2C(=Nc3n(CC4CCCO4)c(C)c[n+]32)N(C)C1=O. The molecule has 8 nitrogen and oxygen atoms in total. The van der Waals surface area contributed by atoms with Gasteiger partial charge in [0.15, 0.2) is 0 Å². The van der Waals surface area contributed by atoms with Gasteiger partial charge in [0.25, 0.3) is 5.91 Å². The first-order chi connectivity index (χ1) is 12.5. The second-order valence-electron chi connectivity index (χ2n) is 6.96. The van der Waals surface area contributed by atoms with Crippen LogP contribution in [0.5, 0.6) is 0 Å². The van der Waals surface area contributed by atoms with Crippen LogP contribution in [0.3, 0.4) is 0 Å². The predicted octanol–water partition coefficient (Wildman–Crippen LogP) is 1.32. The fourth-order valence-corrected chi connectivity index (χ4v) is 3.83. The number of carbonyl (C=O) groups excluding carboxylic acids is 2. The number of ether oxygens (including phenoxy) is 1. The highest BCUT2D eigenvalue weighted by Crippen LogP contribution is 2.30. The van der Waals surface area contributed by atoms with Crippen molar-refractivity contribution in [1.29, 1.82) is 0 Å². The minimum absolute atomic E-state index is 0.176. The summed E-state index contributed by atoms with van der Waals surface area (Å²) in [6.45, 7) is 5.66. The predicted molar refractivity (Wildman–Crippen MR) is 94.2 cm³/mol. The van der Waals surface area contributed by atoms with E-state index in [0.717, 1.165) is 25.1 Å². The molecule has 0 aliphatic carbocycles. The van der Waals surface area contributed by atoms with E-state index >= 15 is 0 Å². The lowest BCUT2D eigenvalue weighted by Gasteiger charge is -2.32. The number of likely N-dealkylation sites (N-methyl/N-ethyl adjacent to an activating group) is 1. The van der Waals surface area contributed by atoms with E-state index in [1.54, 1.807) is 13.1 Å². The number of fused-ring (bicyclic) bond motifs is 3. The molecule has 1 aromatic rings. The number of urea groups is 1. The first kappa shape index (κ1) is 17.0. The summed E-state index contributed by atoms with van der Waals surface area (Å²) < 4.78 is 9.72. The normalized spacial score (nSPS) is 25.3. The van der Waals surface area contributed by atoms with E-state index in [1.165, 1.54) is 9.80 Å². The Morgan fingerprint density at radius 1 is 1.42 bits per heavy atom. The lowest BCUT2D eigenvalue weighted by molar-refractivity contribution is -0.677. The van der Waals surface area contributed by atoms with Crippen molar-refractivity contribution < 1.29 is 18.9 Å². The van der Waals surface area contributed by atoms with Crippen LogP contribution in [0, 0.1) is 6.92 Å². The molecule has 0 saturated carbocycles. The highest BCUT2D eigenvalue weighted by atomic mass is 16.5. The third-order valence-corrected chi connectivity index (χ3v) is 5.26. The van der Waals surface area contributed by atoms with Gasteiger partial charge in [-0.3, -0.25) is 14.6 Å². The monoisotopic (exact) mass is 358 g/mol. The zero-order valence-corrected chi connectivity index (χ0v) is 15.4. The molecule has 2 atom stereocenters. The van der Waals surface area contributed by atoms with Crippen LogP contribution in [-0.2, 0) is 16.1 Å². The van der Waals surface area contributed by atoms with Crippen LogP contribution in [0.25, 0.3) is 0 Å². The van der Waals surface area contributed by atoms with E-state index in [2.05, 4.69) is 9.56 Å². The maximum absolute atomic E-state index is 13.0. The van der Waals surface area contributed by atoms with Gasteiger partial charge in [0.1, 0.15) is 11.9 Å². The lowest BCUT2D eigenvalue weighted by atomic mass is 10.1. The number of amidine groups is 1. The van der Waals surface area contributed by atoms with Crippen molar-refractivity contribution >= 4 is 23.7 Å². The highest BCUT2D eigenvalue weighted by Gasteiger charge is 2.53. The Kier molecular flexibility index (Phi) is 4.14. The summed E-state index contributed by atoms with van der Waals surface area (Å²) in [6.07, 6.45) is 7.87. The quantitative estimate of drug-likeness (QED) is 0.602. The van der Waals surface area contributed by atoms with Gasteiger partial charge in [-0.05, 0) is 26.7 Å². The van der Waals surface area contributed by atoms with E-state index < -0.39 is 6.04 Å². The van der Waals surface area contributed by atoms with Gasteiger partial charge in [0, 0.05) is 20.2 Å². The molecule has 3 aliphatic heterocycles. The molecule has 0 spiro atoms. The van der Waals surface area contributed by atoms with Gasteiger partial charge in [-0.1, -0.05) is 17.1 Å². The van der Waals surface area contributed by atoms with Gasteiger partial charge in [-0.15, -0.1) is 0 Å². The molecule has 0 N–H and O–H groups in total. The van der Waals surface area contributed by atoms with Crippen molar-refractivity contribution in [3.8, 4) is 0 Å². The average Bonchev–Trinajstić information content (AvgIpc) is 3.31. The van der Waals surface area contributed by atoms with E-state index in [0.29, 0.717) is 18.3 Å². The number of rotatable bonds is 4. The number of nitrogens with zero attached hydrogens (tertiary/aromatic N) is 5. The number of imidazole rings is 1. The number of amides is 3. The fourth-order valence-electron chi connectivity index (χ4n) is 3.83. The number of hydrogen-bond acceptors (Lipinski definition) is 4. The number of aryl methyl sites for hydroxylation is 1. The van der Waals surface area contributed by atoms with Crippen LogP contribution in [0.4, 0.5) is 10.7 Å². The molecule has 26 heavy (non-hydrogen) atoms. The smallest absolute Gasteiger partial charge is 0.375 e. The van der Waals surface area contributed by atoms with Crippen molar-refractivity contribution in [3.05, 3.63) is 24.0 Å². The molecule has 1 aromatic heterocycles. The van der Waals surface area contributed by atoms with Gasteiger partial charge in [0.05, 0.1) is 12.6 Å². The molecule has 8 heteroatoms. The maximum Gasteiger partial charge on any atom is 0.402 e. The maximum atomic E-state index is 13.0. The van der Waals surface area contributed by atoms with Crippen LogP contribution >= 0.6 is 0 Å². The van der Waals surface area contributed by atoms with Crippen LogP contribution < -0.4 is 4.57 Å². The molecule has 2 fully saturated rings. The zero-order chi connectivity index (χ0) is 18.4. The molecular weight excluding hydrogens is 334 g/mol. The number of imide groups is 1. The molecule has 4 rings (SSSR count). The topological polar surface area (TPSA) is 71.0 Å². The van der Waals surface area contributed by atoms with Crippen LogP contribution in [0.2, 0.25) is 0 Å². The highest BCUT2D eigenvalue weighted by molar-refractivity contribution is 6.19. The Bertz CT molecular complexity index is 819. The van der Waals surface area contributed by atoms with Crippen molar-refractivity contribution in [1.82, 2.24) is 14.4 Å². The Hall–Kier alpha value is -2.48.